The molecule has 0 radical (unpaired) electrons. The van der Waals surface area contributed by atoms with Crippen molar-refractivity contribution in [1.82, 2.24) is 14.9 Å². The molecule has 1 saturated carbocycles. The smallest absolute Gasteiger partial charge is 0.274 e. The Morgan fingerprint density at radius 3 is 2.90 bits per heavy atom. The van der Waals surface area contributed by atoms with E-state index in [0.717, 1.165) is 12.8 Å². The van der Waals surface area contributed by atoms with Gasteiger partial charge < -0.3 is 10.2 Å². The van der Waals surface area contributed by atoms with Gasteiger partial charge in [0.1, 0.15) is 5.69 Å². The molecule has 2 rings (SSSR count). The first-order valence-corrected chi connectivity index (χ1v) is 7.53. The zero-order valence-electron chi connectivity index (χ0n) is 11.8. The number of nitrogens with one attached hydrogen (secondary N) is 1. The number of hydrogen-bond acceptors (Lipinski definition) is 4. The normalized spacial score (nSPS) is 14.2. The summed E-state index contributed by atoms with van der Waals surface area (Å²) in [4.78, 5) is 22.9. The fraction of sp³-hybridized carbons (Fsp3) is 0.500. The molecular weight excluding hydrogens is 320 g/mol. The Kier molecular flexibility index (Phi) is 4.75. The highest BCUT2D eigenvalue weighted by Crippen LogP contribution is 2.29. The topological polar surface area (TPSA) is 58.1 Å². The van der Waals surface area contributed by atoms with E-state index in [9.17, 15) is 4.79 Å². The van der Waals surface area contributed by atoms with Gasteiger partial charge in [-0.05, 0) is 42.6 Å². The van der Waals surface area contributed by atoms with Crippen LogP contribution in [0.15, 0.2) is 23.3 Å². The minimum Gasteiger partial charge on any atom is -0.352 e. The predicted octanol–water partition coefficient (Wildman–Crippen LogP) is 2.85. The lowest BCUT2D eigenvalue weighted by atomic mass is 10.3. The van der Waals surface area contributed by atoms with Crippen LogP contribution >= 0.6 is 15.9 Å². The van der Waals surface area contributed by atoms with Gasteiger partial charge in [0, 0.05) is 24.8 Å². The van der Waals surface area contributed by atoms with Crippen LogP contribution in [0.1, 0.15) is 37.2 Å². The third kappa shape index (κ3) is 3.56. The van der Waals surface area contributed by atoms with Gasteiger partial charge in [-0.2, -0.15) is 0 Å². The van der Waals surface area contributed by atoms with Gasteiger partial charge in [-0.3, -0.25) is 4.79 Å². The number of carbonyl (C=O) groups is 1. The number of amides is 1. The zero-order valence-corrected chi connectivity index (χ0v) is 13.4. The van der Waals surface area contributed by atoms with Crippen LogP contribution in [0.3, 0.4) is 0 Å². The minimum atomic E-state index is -0.0755. The monoisotopic (exact) mass is 338 g/mol. The van der Waals surface area contributed by atoms with Gasteiger partial charge in [0.25, 0.3) is 5.91 Å². The van der Waals surface area contributed by atoms with Crippen molar-refractivity contribution in [2.75, 3.05) is 11.9 Å². The van der Waals surface area contributed by atoms with Crippen molar-refractivity contribution in [3.63, 3.8) is 0 Å². The van der Waals surface area contributed by atoms with E-state index >= 15 is 0 Å². The van der Waals surface area contributed by atoms with Gasteiger partial charge in [0.05, 0.1) is 4.47 Å². The van der Waals surface area contributed by atoms with Gasteiger partial charge in [0.2, 0.25) is 5.95 Å². The van der Waals surface area contributed by atoms with E-state index in [2.05, 4.69) is 37.8 Å². The van der Waals surface area contributed by atoms with Crippen molar-refractivity contribution < 1.29 is 4.79 Å². The second-order valence-electron chi connectivity index (χ2n) is 5.17. The van der Waals surface area contributed by atoms with Crippen LogP contribution in [-0.2, 0) is 0 Å². The van der Waals surface area contributed by atoms with Crippen LogP contribution in [0.2, 0.25) is 0 Å². The Hall–Kier alpha value is -1.43. The molecule has 0 unspecified atom stereocenters. The summed E-state index contributed by atoms with van der Waals surface area (Å²) in [6, 6.07) is 0.538. The highest BCUT2D eigenvalue weighted by molar-refractivity contribution is 9.10. The number of aromatic nitrogens is 2. The molecule has 1 fully saturated rings. The number of rotatable bonds is 6. The van der Waals surface area contributed by atoms with Crippen LogP contribution < -0.4 is 5.32 Å². The van der Waals surface area contributed by atoms with E-state index in [1.807, 2.05) is 18.7 Å². The first-order valence-electron chi connectivity index (χ1n) is 6.74. The van der Waals surface area contributed by atoms with Crippen molar-refractivity contribution >= 4 is 27.8 Å². The van der Waals surface area contributed by atoms with Crippen LogP contribution in [0.4, 0.5) is 5.95 Å². The van der Waals surface area contributed by atoms with Gasteiger partial charge in [-0.15, -0.1) is 6.58 Å². The van der Waals surface area contributed by atoms with Crippen LogP contribution in [0.25, 0.3) is 0 Å². The van der Waals surface area contributed by atoms with Crippen LogP contribution in [0.5, 0.6) is 0 Å². The van der Waals surface area contributed by atoms with Crippen molar-refractivity contribution in [2.45, 2.75) is 38.8 Å². The number of anilines is 1. The lowest BCUT2D eigenvalue weighted by Gasteiger charge is -2.21. The molecule has 1 aliphatic rings. The summed E-state index contributed by atoms with van der Waals surface area (Å²) >= 11 is 3.36. The highest BCUT2D eigenvalue weighted by Gasteiger charge is 2.33. The molecule has 6 heteroatoms. The molecule has 20 heavy (non-hydrogen) atoms. The van der Waals surface area contributed by atoms with E-state index in [1.165, 1.54) is 0 Å². The Morgan fingerprint density at radius 1 is 1.65 bits per heavy atom. The fourth-order valence-corrected chi connectivity index (χ4v) is 2.26. The summed E-state index contributed by atoms with van der Waals surface area (Å²) in [6.45, 7) is 8.27. The number of nitrogens with zero attached hydrogens (tertiary/aromatic N) is 3. The quantitative estimate of drug-likeness (QED) is 0.810. The zero-order chi connectivity index (χ0) is 14.7. The molecule has 1 aromatic rings. The maximum Gasteiger partial charge on any atom is 0.274 e. The molecule has 0 saturated heterocycles. The lowest BCUT2D eigenvalue weighted by Crippen LogP contribution is -2.34. The second kappa shape index (κ2) is 6.35. The van der Waals surface area contributed by atoms with Crippen LogP contribution in [-0.4, -0.2) is 39.4 Å². The highest BCUT2D eigenvalue weighted by atomic mass is 79.9. The molecule has 0 atom stereocenters. The number of halogens is 1. The molecule has 0 bridgehead atoms. The molecule has 1 amide bonds. The van der Waals surface area contributed by atoms with Crippen molar-refractivity contribution in [3.05, 3.63) is 29.0 Å². The van der Waals surface area contributed by atoms with E-state index < -0.39 is 0 Å². The number of hydrogen-bond donors (Lipinski definition) is 1. The largest absolute Gasteiger partial charge is 0.352 e. The fourth-order valence-electron chi connectivity index (χ4n) is 1.90. The first kappa shape index (κ1) is 15.0. The summed E-state index contributed by atoms with van der Waals surface area (Å²) in [7, 11) is 0. The van der Waals surface area contributed by atoms with Gasteiger partial charge in [-0.1, -0.05) is 6.08 Å². The van der Waals surface area contributed by atoms with E-state index in [-0.39, 0.29) is 11.9 Å². The molecule has 1 N–H and O–H groups in total. The molecule has 0 aromatic carbocycles. The van der Waals surface area contributed by atoms with E-state index in [4.69, 9.17) is 0 Å². The summed E-state index contributed by atoms with van der Waals surface area (Å²) in [5, 5.41) is 3.11. The lowest BCUT2D eigenvalue weighted by molar-refractivity contribution is 0.0755. The molecule has 1 heterocycles. The van der Waals surface area contributed by atoms with Crippen LogP contribution in [0, 0.1) is 0 Å². The van der Waals surface area contributed by atoms with Crippen molar-refractivity contribution in [1.29, 1.82) is 0 Å². The molecule has 1 aliphatic carbocycles. The van der Waals surface area contributed by atoms with Gasteiger partial charge in [-0.25, -0.2) is 9.97 Å². The van der Waals surface area contributed by atoms with Gasteiger partial charge in [0.15, 0.2) is 0 Å². The van der Waals surface area contributed by atoms with E-state index in [0.29, 0.717) is 28.7 Å². The molecule has 5 nitrogen and oxygen atoms in total. The van der Waals surface area contributed by atoms with E-state index in [1.54, 1.807) is 12.3 Å². The van der Waals surface area contributed by atoms with Crippen molar-refractivity contribution in [3.8, 4) is 0 Å². The third-order valence-electron chi connectivity index (χ3n) is 2.94. The third-order valence-corrected chi connectivity index (χ3v) is 3.52. The van der Waals surface area contributed by atoms with Crippen molar-refractivity contribution in [2.24, 2.45) is 0 Å². The average Bonchev–Trinajstić information content (AvgIpc) is 3.21. The summed E-state index contributed by atoms with van der Waals surface area (Å²) in [6.07, 6.45) is 5.47. The molecule has 108 valence electrons. The maximum absolute atomic E-state index is 12.6. The molecule has 0 aliphatic heterocycles. The van der Waals surface area contributed by atoms with Gasteiger partial charge >= 0.3 is 0 Å². The Morgan fingerprint density at radius 2 is 2.35 bits per heavy atom. The maximum atomic E-state index is 12.6. The predicted molar refractivity (Wildman–Crippen MR) is 82.7 cm³/mol. The summed E-state index contributed by atoms with van der Waals surface area (Å²) in [5.74, 6) is 0.398. The SMILES string of the molecule is C=CCN(C(=O)c1nc(NC(C)C)ncc1Br)C1CC1. The Bertz CT molecular complexity index is 514. The molecular formula is C14H19BrN4O. The Labute approximate surface area is 127 Å². The molecule has 0 spiro atoms. The second-order valence-corrected chi connectivity index (χ2v) is 6.02. The average molecular weight is 339 g/mol. The minimum absolute atomic E-state index is 0.0755. The standard InChI is InChI=1S/C14H19BrN4O/c1-4-7-19(10-5-6-10)13(20)12-11(15)8-16-14(18-12)17-9(2)3/h4,8-10H,1,5-7H2,2-3H3,(H,16,17,18). The summed E-state index contributed by atoms with van der Waals surface area (Å²) in [5.41, 5.74) is 0.400. The molecule has 1 aromatic heterocycles. The summed E-state index contributed by atoms with van der Waals surface area (Å²) < 4.78 is 0.617. The first-order chi connectivity index (χ1) is 9.52. The number of carbonyl (C=O) groups excluding carboxylic acids is 1. The Balaban J connectivity index is 2.24.